The van der Waals surface area contributed by atoms with Crippen molar-refractivity contribution in [2.45, 2.75) is 352 Å². The van der Waals surface area contributed by atoms with Crippen molar-refractivity contribution < 1.29 is 105 Å². The lowest BCUT2D eigenvalue weighted by molar-refractivity contribution is -0.160. The highest BCUT2D eigenvalue weighted by Crippen LogP contribution is 2.67. The number of hydrogen-bond donors (Lipinski definition) is 12. The van der Waals surface area contributed by atoms with E-state index in [0.717, 1.165) is 63.4 Å². The van der Waals surface area contributed by atoms with Gasteiger partial charge in [-0.3, -0.25) is 57.5 Å². The van der Waals surface area contributed by atoms with Gasteiger partial charge in [0.15, 0.2) is 0 Å². The number of rotatable bonds is 37. The number of halogens is 2. The van der Waals surface area contributed by atoms with E-state index in [2.05, 4.69) is 73.6 Å². The molecule has 3 aliphatic heterocycles. The fraction of sp³-hybridized carbons (Fsp3) is 0.743. The molecule has 39 heteroatoms. The van der Waals surface area contributed by atoms with Crippen LogP contribution in [0.2, 0.25) is 0 Å². The van der Waals surface area contributed by atoms with E-state index in [1.165, 1.54) is 15.9 Å². The number of carbonyl (C=O) groups is 18. The number of piperidine rings is 3. The number of methoxy groups -OCH3 is 1. The maximum atomic E-state index is 14.4. The summed E-state index contributed by atoms with van der Waals surface area (Å²) >= 11 is 12.9. The first kappa shape index (κ1) is 115. The van der Waals surface area contributed by atoms with Crippen molar-refractivity contribution in [3.8, 4) is 5.75 Å². The molecule has 37 nitrogen and oxygen atoms in total. The van der Waals surface area contributed by atoms with Gasteiger partial charge in [-0.2, -0.15) is 0 Å². The van der Waals surface area contributed by atoms with Crippen LogP contribution in [-0.2, 0) is 92.7 Å². The van der Waals surface area contributed by atoms with Gasteiger partial charge in [0.25, 0.3) is 17.7 Å². The molecule has 1 aromatic carbocycles. The number of nitrogens with two attached hydrogens (primary N) is 2. The minimum Gasteiger partial charge on any atom is -0.497 e. The minimum absolute atomic E-state index is 0.0108. The van der Waals surface area contributed by atoms with E-state index < -0.39 is 228 Å². The van der Waals surface area contributed by atoms with Crippen LogP contribution < -0.4 is 69.4 Å². The monoisotopic (exact) mass is 2000 g/mol. The van der Waals surface area contributed by atoms with Crippen LogP contribution in [0.1, 0.15) is 262 Å². The Balaban J connectivity index is 0.000000258. The summed E-state index contributed by atoms with van der Waals surface area (Å²) in [5, 5.41) is 27.2. The smallest absolute Gasteiger partial charge is 0.329 e. The molecule has 3 unspecified atom stereocenters. The molecule has 9 aliphatic rings. The van der Waals surface area contributed by atoms with Gasteiger partial charge in [-0.1, -0.05) is 208 Å². The van der Waals surface area contributed by atoms with Gasteiger partial charge in [0.05, 0.1) is 31.3 Å². The predicted octanol–water partition coefficient (Wildman–Crippen LogP) is 8.36. The summed E-state index contributed by atoms with van der Waals surface area (Å²) in [6, 6.07) is -7.39. The number of esters is 3. The minimum atomic E-state index is -1.25. The number of amides is 15. The highest BCUT2D eigenvalue weighted by Gasteiger charge is 2.75. The zero-order valence-electron chi connectivity index (χ0n) is 86.8. The van der Waals surface area contributed by atoms with E-state index >= 15 is 0 Å². The normalized spacial score (nSPS) is 23.8. The standard InChI is InChI=1S/C38H57N5O8.C34H55N5O7.C29H45Cl2N5O7/c1-12-14-25(28(44)32(46)39-19-13-2)40-31(45)27-26-24(38(26,9)10)20-43(27)33(47)29(36(3,4)5)41-35(49)42-30(37(6,7)8)34(48)51-21-22-15-17-23(50-11)18-16-22;1-32(2,3)26(30(44)46-33(4,5)6)38-31(45)37-23(19-14-9-10-15-19)29(43)39-17-20-22(34(20,7)8)24(39)28(42)36-21(25(40)27(35)41)16-18-12-11-13-18;1-13(2)43-25(41)21(28(6,7)8)35-26(42)34-20(27(3,4)5)24(40)36-12-15-17(29(15,30)31)18(36)23(39)33-16(11-14-9-10-14)19(37)22(32)38/h13,15-18,24-27,29-30H,2,12,14,19-21H2,1,3-11H3,(H,39,46)(H,40,45)(H2,41,42,49);18-24,26H,9-17H2,1-8H3,(H2,35,41)(H,36,42)(H2,37,38,45);13-18,20-21H,9-12H2,1-8H3,(H2,32,38)(H,33,39)(H2,34,35,42)/t24-,25?,26-,27-,29+,30+;20-,21?,22-,23-,24-,26+;15-,16?,17-,18-,20+,21+/m000/s1. The van der Waals surface area contributed by atoms with Crippen LogP contribution in [0, 0.1) is 91.2 Å². The van der Waals surface area contributed by atoms with Gasteiger partial charge in [0.1, 0.15) is 76.7 Å². The molecule has 15 amide bonds. The molecule has 3 saturated heterocycles. The maximum absolute atomic E-state index is 14.4. The van der Waals surface area contributed by atoms with E-state index in [1.54, 1.807) is 154 Å². The Labute approximate surface area is 834 Å². The number of benzene rings is 1. The first-order valence-electron chi connectivity index (χ1n) is 49.2. The lowest BCUT2D eigenvalue weighted by Crippen LogP contribution is -2.63. The molecular weight excluding hydrogens is 1850 g/mol. The number of primary amides is 2. The lowest BCUT2D eigenvalue weighted by atomic mass is 9.80. The highest BCUT2D eigenvalue weighted by molar-refractivity contribution is 6.51. The van der Waals surface area contributed by atoms with Crippen LogP contribution in [0.5, 0.6) is 5.75 Å². The van der Waals surface area contributed by atoms with Crippen LogP contribution in [0.15, 0.2) is 36.9 Å². The molecule has 0 spiro atoms. The summed E-state index contributed by atoms with van der Waals surface area (Å²) < 4.78 is 20.4. The van der Waals surface area contributed by atoms with Gasteiger partial charge in [-0.25, -0.2) is 28.8 Å². The summed E-state index contributed by atoms with van der Waals surface area (Å²) in [6.45, 7) is 49.9. The third-order valence-corrected chi connectivity index (χ3v) is 29.8. The quantitative estimate of drug-likeness (QED) is 0.00978. The molecule has 3 heterocycles. The van der Waals surface area contributed by atoms with E-state index in [1.807, 2.05) is 41.5 Å². The summed E-state index contributed by atoms with van der Waals surface area (Å²) in [5.74, 6) is -10.7. The highest BCUT2D eigenvalue weighted by atomic mass is 35.5. The molecule has 9 fully saturated rings. The predicted molar refractivity (Wildman–Crippen MR) is 523 cm³/mol. The summed E-state index contributed by atoms with van der Waals surface area (Å²) in [7, 11) is 1.56. The largest absolute Gasteiger partial charge is 0.497 e. The molecule has 6 aliphatic carbocycles. The van der Waals surface area contributed by atoms with Crippen molar-refractivity contribution >= 4 is 130 Å². The second-order valence-corrected chi connectivity index (χ2v) is 48.8. The summed E-state index contributed by atoms with van der Waals surface area (Å²) in [4.78, 5) is 242. The number of fused-ring (bicyclic) bond motifs is 3. The van der Waals surface area contributed by atoms with Crippen LogP contribution in [0.3, 0.4) is 0 Å². The number of nitrogens with zero attached hydrogens (tertiary/aromatic N) is 3. The van der Waals surface area contributed by atoms with Crippen LogP contribution >= 0.6 is 23.2 Å². The Morgan fingerprint density at radius 1 is 0.471 bits per heavy atom. The second-order valence-electron chi connectivity index (χ2n) is 47.4. The number of alkyl halides is 2. The van der Waals surface area contributed by atoms with E-state index in [-0.39, 0.29) is 90.7 Å². The zero-order valence-corrected chi connectivity index (χ0v) is 88.3. The Hall–Kier alpha value is -10.2. The first-order valence-corrected chi connectivity index (χ1v) is 50.0. The Morgan fingerprint density at radius 3 is 1.22 bits per heavy atom. The molecule has 0 aromatic heterocycles. The summed E-state index contributed by atoms with van der Waals surface area (Å²) in [6.07, 6.45) is 10.4. The fourth-order valence-electron chi connectivity index (χ4n) is 20.0. The molecule has 18 atom stereocenters. The molecule has 0 bridgehead atoms. The molecule has 1 aromatic rings. The van der Waals surface area contributed by atoms with E-state index in [0.29, 0.717) is 31.7 Å². The second kappa shape index (κ2) is 45.2. The number of nitrogens with one attached hydrogen (secondary N) is 10. The molecule has 140 heavy (non-hydrogen) atoms. The lowest BCUT2D eigenvalue weighted by Gasteiger charge is -2.38. The Bertz CT molecular complexity index is 4790. The number of carbonyl (C=O) groups excluding carboxylic acids is 18. The number of urea groups is 3. The topological polar surface area (TPSA) is 526 Å². The van der Waals surface area contributed by atoms with Gasteiger partial charge in [0.2, 0.25) is 52.8 Å². The Morgan fingerprint density at radius 2 is 0.850 bits per heavy atom. The SMILES string of the molecule is C=CCNC(=O)C(=O)C(CCC)NC(=O)[C@@H]1[C@@H]2[C@H](CN1C(=O)[C@@H](NC(=O)N[C@H](C(=O)OCc1ccc(OC)cc1)C(C)(C)C)C(C)(C)C)C2(C)C.CC(C)(C)OC(=O)[C@@H](NC(=O)N[C@H](C(=O)N1C[C@H]2[C@@H]([C@H]1C(=O)NC(CC1CCC1)C(=O)C(N)=O)C2(C)C)C1CCCC1)C(C)(C)C.CC(C)OC(=O)[C@@H](NC(=O)N[C@H](C(=O)N1C[C@H]2[C@@H]([C@H]1C(=O)NC(CC1CC1)C(=O)C(N)=O)C2(Cl)Cl)C(C)(C)C)C(C)(C)C. The van der Waals surface area contributed by atoms with Crippen molar-refractivity contribution in [3.05, 3.63) is 42.5 Å². The van der Waals surface area contributed by atoms with Crippen molar-refractivity contribution in [2.75, 3.05) is 33.3 Å². The van der Waals surface area contributed by atoms with Crippen LogP contribution in [-0.4, -0.2) is 243 Å². The van der Waals surface area contributed by atoms with E-state index in [4.69, 9.17) is 53.6 Å². The van der Waals surface area contributed by atoms with E-state index in [9.17, 15) is 86.3 Å². The number of ether oxygens (including phenoxy) is 4. The molecule has 14 N–H and O–H groups in total. The average Bonchev–Trinajstić information content (AvgIpc) is 1.53. The summed E-state index contributed by atoms with van der Waals surface area (Å²) in [5.41, 5.74) is 6.42. The number of hydrogen-bond acceptors (Lipinski definition) is 22. The number of Topliss-reactive ketones (excluding diaryl/α,β-unsaturated/α-hetero) is 3. The zero-order chi connectivity index (χ0) is 106. The molecule has 6 saturated carbocycles. The third kappa shape index (κ3) is 28.9. The molecule has 10 rings (SSSR count). The average molecular weight is 2000 g/mol. The van der Waals surface area contributed by atoms with Gasteiger partial charge < -0.3 is 98.3 Å². The van der Waals surface area contributed by atoms with Gasteiger partial charge >= 0.3 is 36.0 Å². The first-order chi connectivity index (χ1) is 64.5. The van der Waals surface area contributed by atoms with Crippen molar-refractivity contribution in [1.82, 2.24) is 67.9 Å². The van der Waals surface area contributed by atoms with Crippen molar-refractivity contribution in [1.29, 1.82) is 0 Å². The van der Waals surface area contributed by atoms with Crippen LogP contribution in [0.25, 0.3) is 0 Å². The van der Waals surface area contributed by atoms with Gasteiger partial charge in [0, 0.05) is 38.0 Å². The van der Waals surface area contributed by atoms with Crippen LogP contribution in [0.4, 0.5) is 14.4 Å². The van der Waals surface area contributed by atoms with Crippen molar-refractivity contribution in [3.63, 3.8) is 0 Å². The van der Waals surface area contributed by atoms with Gasteiger partial charge in [-0.05, 0) is 164 Å². The molecule has 0 radical (unpaired) electrons. The molecule has 782 valence electrons. The maximum Gasteiger partial charge on any atom is 0.329 e. The Kier molecular flexibility index (Phi) is 37.1. The number of likely N-dealkylation sites (tertiary alicyclic amines) is 3. The molecular formula is C101H157Cl2N15O22. The number of ketones is 3. The van der Waals surface area contributed by atoms with Crippen molar-refractivity contribution in [2.24, 2.45) is 103 Å². The van der Waals surface area contributed by atoms with Gasteiger partial charge in [-0.15, -0.1) is 29.8 Å². The third-order valence-electron chi connectivity index (χ3n) is 28.7. The fourth-order valence-corrected chi connectivity index (χ4v) is 20.8.